The van der Waals surface area contributed by atoms with Gasteiger partial charge in [0.2, 0.25) is 0 Å². The number of hydroxylamine groups is 1. The van der Waals surface area contributed by atoms with Gasteiger partial charge in [-0.05, 0) is 36.8 Å². The van der Waals surface area contributed by atoms with Gasteiger partial charge in [0.15, 0.2) is 0 Å². The third kappa shape index (κ3) is 2.80. The highest BCUT2D eigenvalue weighted by atomic mass is 35.5. The fourth-order valence-electron chi connectivity index (χ4n) is 2.68. The van der Waals surface area contributed by atoms with Gasteiger partial charge in [0.25, 0.3) is 0 Å². The Labute approximate surface area is 129 Å². The molecule has 1 saturated heterocycles. The molecule has 1 heterocycles. The van der Waals surface area contributed by atoms with Crippen LogP contribution < -0.4 is 5.06 Å². The summed E-state index contributed by atoms with van der Waals surface area (Å²) in [7, 11) is 0. The number of nitrogens with zero attached hydrogens (tertiary/aromatic N) is 1. The molecular weight excluding hydrogens is 286 g/mol. The molecule has 0 radical (unpaired) electrons. The molecule has 1 aliphatic heterocycles. The Morgan fingerprint density at radius 1 is 1.14 bits per heavy atom. The average molecular weight is 302 g/mol. The number of rotatable bonds is 3. The van der Waals surface area contributed by atoms with Crippen molar-refractivity contribution in [2.75, 3.05) is 11.7 Å². The van der Waals surface area contributed by atoms with Crippen molar-refractivity contribution in [1.29, 1.82) is 0 Å². The number of halogens is 1. The Morgan fingerprint density at radius 2 is 1.81 bits per heavy atom. The zero-order valence-corrected chi connectivity index (χ0v) is 12.5. The number of Topliss-reactive ketones (excluding diaryl/α,β-unsaturated/α-hetero) is 1. The fourth-order valence-corrected chi connectivity index (χ4v) is 2.80. The van der Waals surface area contributed by atoms with E-state index in [4.69, 9.17) is 16.4 Å². The van der Waals surface area contributed by atoms with Crippen LogP contribution in [0.5, 0.6) is 0 Å². The lowest BCUT2D eigenvalue weighted by Crippen LogP contribution is -2.27. The molecule has 2 aromatic rings. The minimum absolute atomic E-state index is 0.107. The molecule has 1 aliphatic rings. The number of benzene rings is 2. The van der Waals surface area contributed by atoms with E-state index < -0.39 is 0 Å². The SMILES string of the molecule is CC(=O)C1CON(c2ccc(Cl)cc2)C1c1ccccc1. The van der Waals surface area contributed by atoms with E-state index in [9.17, 15) is 4.79 Å². The summed E-state index contributed by atoms with van der Waals surface area (Å²) in [6, 6.07) is 17.3. The van der Waals surface area contributed by atoms with Gasteiger partial charge in [0.1, 0.15) is 5.78 Å². The first-order valence-corrected chi connectivity index (χ1v) is 7.28. The van der Waals surface area contributed by atoms with Crippen molar-refractivity contribution in [3.8, 4) is 0 Å². The van der Waals surface area contributed by atoms with Crippen molar-refractivity contribution in [3.63, 3.8) is 0 Å². The number of ketones is 1. The second kappa shape index (κ2) is 5.88. The molecule has 108 valence electrons. The maximum atomic E-state index is 11.9. The van der Waals surface area contributed by atoms with Crippen molar-refractivity contribution in [2.24, 2.45) is 5.92 Å². The molecule has 0 aliphatic carbocycles. The fraction of sp³-hybridized carbons (Fsp3) is 0.235. The molecule has 3 rings (SSSR count). The first-order valence-electron chi connectivity index (χ1n) is 6.90. The third-order valence-electron chi connectivity index (χ3n) is 3.77. The molecule has 2 aromatic carbocycles. The molecule has 2 unspecified atom stereocenters. The van der Waals surface area contributed by atoms with Gasteiger partial charge in [-0.1, -0.05) is 41.9 Å². The summed E-state index contributed by atoms with van der Waals surface area (Å²) in [5.74, 6) is -0.0246. The average Bonchev–Trinajstić information content (AvgIpc) is 2.94. The van der Waals surface area contributed by atoms with E-state index in [0.717, 1.165) is 11.3 Å². The zero-order valence-electron chi connectivity index (χ0n) is 11.7. The quantitative estimate of drug-likeness (QED) is 0.857. The van der Waals surface area contributed by atoms with Crippen LogP contribution in [0.25, 0.3) is 0 Å². The van der Waals surface area contributed by atoms with Crippen LogP contribution in [-0.4, -0.2) is 12.4 Å². The topological polar surface area (TPSA) is 29.5 Å². The summed E-state index contributed by atoms with van der Waals surface area (Å²) in [4.78, 5) is 17.7. The Hall–Kier alpha value is -1.84. The van der Waals surface area contributed by atoms with Gasteiger partial charge in [0.05, 0.1) is 24.3 Å². The summed E-state index contributed by atoms with van der Waals surface area (Å²) in [6.45, 7) is 2.02. The van der Waals surface area contributed by atoms with E-state index in [1.54, 1.807) is 6.92 Å². The lowest BCUT2D eigenvalue weighted by Gasteiger charge is -2.27. The van der Waals surface area contributed by atoms with Gasteiger partial charge in [0, 0.05) is 5.02 Å². The van der Waals surface area contributed by atoms with Crippen molar-refractivity contribution in [1.82, 2.24) is 0 Å². The lowest BCUT2D eigenvalue weighted by atomic mass is 9.91. The van der Waals surface area contributed by atoms with Crippen LogP contribution in [-0.2, 0) is 9.63 Å². The number of anilines is 1. The predicted molar refractivity (Wildman–Crippen MR) is 83.2 cm³/mol. The van der Waals surface area contributed by atoms with Crippen molar-refractivity contribution >= 4 is 23.1 Å². The largest absolute Gasteiger partial charge is 0.300 e. The molecule has 21 heavy (non-hydrogen) atoms. The van der Waals surface area contributed by atoms with Crippen LogP contribution in [0, 0.1) is 5.92 Å². The van der Waals surface area contributed by atoms with Gasteiger partial charge in [-0.15, -0.1) is 0 Å². The molecule has 0 aromatic heterocycles. The Kier molecular flexibility index (Phi) is 3.95. The minimum Gasteiger partial charge on any atom is -0.300 e. The summed E-state index contributed by atoms with van der Waals surface area (Å²) in [5, 5.41) is 2.50. The van der Waals surface area contributed by atoms with E-state index in [-0.39, 0.29) is 17.7 Å². The molecule has 2 atom stereocenters. The van der Waals surface area contributed by atoms with Gasteiger partial charge in [-0.3, -0.25) is 9.63 Å². The second-order valence-electron chi connectivity index (χ2n) is 5.17. The first-order chi connectivity index (χ1) is 10.2. The van der Waals surface area contributed by atoms with Crippen LogP contribution >= 0.6 is 11.6 Å². The van der Waals surface area contributed by atoms with Crippen LogP contribution in [0.3, 0.4) is 0 Å². The van der Waals surface area contributed by atoms with E-state index in [1.165, 1.54) is 0 Å². The maximum absolute atomic E-state index is 11.9. The second-order valence-corrected chi connectivity index (χ2v) is 5.61. The number of hydrogen-bond donors (Lipinski definition) is 0. The third-order valence-corrected chi connectivity index (χ3v) is 4.02. The Balaban J connectivity index is 1.99. The number of carbonyl (C=O) groups is 1. The molecule has 1 fully saturated rings. The van der Waals surface area contributed by atoms with Gasteiger partial charge in [-0.25, -0.2) is 5.06 Å². The molecule has 0 N–H and O–H groups in total. The van der Waals surface area contributed by atoms with Crippen molar-refractivity contribution < 1.29 is 9.63 Å². The molecule has 3 nitrogen and oxygen atoms in total. The smallest absolute Gasteiger partial charge is 0.137 e. The highest BCUT2D eigenvalue weighted by Gasteiger charge is 2.39. The molecule has 0 spiro atoms. The van der Waals surface area contributed by atoms with E-state index in [1.807, 2.05) is 59.7 Å². The summed E-state index contributed by atoms with van der Waals surface area (Å²) >= 11 is 5.94. The van der Waals surface area contributed by atoms with Gasteiger partial charge >= 0.3 is 0 Å². The van der Waals surface area contributed by atoms with Crippen molar-refractivity contribution in [3.05, 3.63) is 65.2 Å². The molecular formula is C17H16ClNO2. The number of carbonyl (C=O) groups excluding carboxylic acids is 1. The zero-order chi connectivity index (χ0) is 14.8. The minimum atomic E-state index is -0.164. The molecule has 4 heteroatoms. The molecule has 0 bridgehead atoms. The highest BCUT2D eigenvalue weighted by molar-refractivity contribution is 6.30. The molecule has 0 amide bonds. The van der Waals surface area contributed by atoms with E-state index >= 15 is 0 Å². The van der Waals surface area contributed by atoms with E-state index in [0.29, 0.717) is 11.6 Å². The Morgan fingerprint density at radius 3 is 2.43 bits per heavy atom. The van der Waals surface area contributed by atoms with Crippen LogP contribution in [0.2, 0.25) is 5.02 Å². The summed E-state index contributed by atoms with van der Waals surface area (Å²) < 4.78 is 0. The highest BCUT2D eigenvalue weighted by Crippen LogP contribution is 2.39. The van der Waals surface area contributed by atoms with Gasteiger partial charge < -0.3 is 0 Å². The summed E-state index contributed by atoms with van der Waals surface area (Å²) in [5.41, 5.74) is 1.97. The number of hydrogen-bond acceptors (Lipinski definition) is 3. The van der Waals surface area contributed by atoms with Crippen LogP contribution in [0.15, 0.2) is 54.6 Å². The standard InChI is InChI=1S/C17H16ClNO2/c1-12(20)16-11-21-19(15-9-7-14(18)8-10-15)17(16)13-5-3-2-4-6-13/h2-10,16-17H,11H2,1H3. The van der Waals surface area contributed by atoms with Crippen LogP contribution in [0.1, 0.15) is 18.5 Å². The normalized spacial score (nSPS) is 21.5. The van der Waals surface area contributed by atoms with Crippen LogP contribution in [0.4, 0.5) is 5.69 Å². The lowest BCUT2D eigenvalue weighted by molar-refractivity contribution is -0.121. The molecule has 0 saturated carbocycles. The summed E-state index contributed by atoms with van der Waals surface area (Å²) in [6.07, 6.45) is 0. The Bertz CT molecular complexity index is 627. The van der Waals surface area contributed by atoms with Gasteiger partial charge in [-0.2, -0.15) is 0 Å². The predicted octanol–water partition coefficient (Wildman–Crippen LogP) is 4.04. The monoisotopic (exact) mass is 301 g/mol. The first kappa shape index (κ1) is 14.1. The van der Waals surface area contributed by atoms with Crippen molar-refractivity contribution in [2.45, 2.75) is 13.0 Å². The maximum Gasteiger partial charge on any atom is 0.137 e. The van der Waals surface area contributed by atoms with E-state index in [2.05, 4.69) is 0 Å².